The lowest BCUT2D eigenvalue weighted by Gasteiger charge is -2.22. The van der Waals surface area contributed by atoms with E-state index < -0.39 is 0 Å². The first-order valence-electron chi connectivity index (χ1n) is 5.42. The molecule has 0 spiro atoms. The molecular formula is C13H19O. The van der Waals surface area contributed by atoms with Gasteiger partial charge < -0.3 is 4.79 Å². The van der Waals surface area contributed by atoms with Gasteiger partial charge in [-0.3, -0.25) is 0 Å². The normalized spacial score (nSPS) is 23.9. The second kappa shape index (κ2) is 5.79. The Labute approximate surface area is 86.9 Å². The van der Waals surface area contributed by atoms with Gasteiger partial charge in [-0.15, -0.1) is 0 Å². The highest BCUT2D eigenvalue weighted by atomic mass is 16.1. The average molecular weight is 191 g/mol. The van der Waals surface area contributed by atoms with Gasteiger partial charge in [0.25, 0.3) is 0 Å². The smallest absolute Gasteiger partial charge is 0.123 e. The maximum absolute atomic E-state index is 10.7. The van der Waals surface area contributed by atoms with Crippen LogP contribution in [0.1, 0.15) is 39.5 Å². The Morgan fingerprint density at radius 3 is 3.00 bits per heavy atom. The molecule has 0 aromatic carbocycles. The summed E-state index contributed by atoms with van der Waals surface area (Å²) in [4.78, 5) is 10.7. The van der Waals surface area contributed by atoms with E-state index in [9.17, 15) is 4.79 Å². The van der Waals surface area contributed by atoms with Gasteiger partial charge in [-0.1, -0.05) is 37.1 Å². The molecule has 0 bridgehead atoms. The van der Waals surface area contributed by atoms with Gasteiger partial charge in [-0.05, 0) is 26.2 Å². The predicted octanol–water partition coefficient (Wildman–Crippen LogP) is 3.47. The highest BCUT2D eigenvalue weighted by Crippen LogP contribution is 2.30. The molecule has 1 aliphatic rings. The highest BCUT2D eigenvalue weighted by Gasteiger charge is 2.19. The average Bonchev–Trinajstić information content (AvgIpc) is 2.21. The largest absolute Gasteiger partial charge is 0.303 e. The summed E-state index contributed by atoms with van der Waals surface area (Å²) in [6.07, 6.45) is 11.8. The molecule has 0 heterocycles. The zero-order valence-electron chi connectivity index (χ0n) is 9.12. The Balaban J connectivity index is 2.54. The zero-order valence-corrected chi connectivity index (χ0v) is 9.12. The molecule has 0 aromatic rings. The number of rotatable bonds is 4. The quantitative estimate of drug-likeness (QED) is 0.622. The molecule has 0 saturated carbocycles. The van der Waals surface area contributed by atoms with E-state index in [4.69, 9.17) is 0 Å². The summed E-state index contributed by atoms with van der Waals surface area (Å²) in [6, 6.07) is 0. The number of aldehydes is 1. The van der Waals surface area contributed by atoms with Crippen LogP contribution in [-0.2, 0) is 4.79 Å². The SMILES string of the molecule is CCCC=C[C]1CC(C=O)CC=C1C. The van der Waals surface area contributed by atoms with Crippen LogP contribution in [0.4, 0.5) is 0 Å². The lowest BCUT2D eigenvalue weighted by Crippen LogP contribution is -2.12. The van der Waals surface area contributed by atoms with Crippen LogP contribution in [0.5, 0.6) is 0 Å². The fraction of sp³-hybridized carbons (Fsp3) is 0.538. The molecule has 1 atom stereocenters. The van der Waals surface area contributed by atoms with Gasteiger partial charge in [0.2, 0.25) is 0 Å². The van der Waals surface area contributed by atoms with Gasteiger partial charge in [0.05, 0.1) is 0 Å². The Morgan fingerprint density at radius 1 is 1.57 bits per heavy atom. The minimum Gasteiger partial charge on any atom is -0.303 e. The fourth-order valence-electron chi connectivity index (χ4n) is 1.68. The second-order valence-corrected chi connectivity index (χ2v) is 3.94. The first kappa shape index (κ1) is 11.2. The highest BCUT2D eigenvalue weighted by molar-refractivity contribution is 5.56. The number of carbonyl (C=O) groups is 1. The molecular weight excluding hydrogens is 172 g/mol. The van der Waals surface area contributed by atoms with Crippen LogP contribution in [0, 0.1) is 11.8 Å². The van der Waals surface area contributed by atoms with E-state index in [0.717, 1.165) is 25.5 Å². The summed E-state index contributed by atoms with van der Waals surface area (Å²) in [6.45, 7) is 4.31. The van der Waals surface area contributed by atoms with Crippen molar-refractivity contribution < 1.29 is 4.79 Å². The fourth-order valence-corrected chi connectivity index (χ4v) is 1.68. The Hall–Kier alpha value is -0.850. The van der Waals surface area contributed by atoms with Crippen LogP contribution in [-0.4, -0.2) is 6.29 Å². The van der Waals surface area contributed by atoms with Crippen molar-refractivity contribution in [1.82, 2.24) is 0 Å². The summed E-state index contributed by atoms with van der Waals surface area (Å²) in [7, 11) is 0. The molecule has 1 unspecified atom stereocenters. The summed E-state index contributed by atoms with van der Waals surface area (Å²) in [5, 5.41) is 0. The maximum atomic E-state index is 10.7. The number of hydrogen-bond donors (Lipinski definition) is 0. The van der Waals surface area contributed by atoms with Gasteiger partial charge in [0.15, 0.2) is 0 Å². The van der Waals surface area contributed by atoms with Crippen LogP contribution in [0.3, 0.4) is 0 Å². The molecule has 77 valence electrons. The molecule has 0 fully saturated rings. The van der Waals surface area contributed by atoms with Gasteiger partial charge in [-0.25, -0.2) is 0 Å². The molecule has 0 N–H and O–H groups in total. The van der Waals surface area contributed by atoms with Crippen LogP contribution < -0.4 is 0 Å². The maximum Gasteiger partial charge on any atom is 0.123 e. The summed E-state index contributed by atoms with van der Waals surface area (Å²) in [5.41, 5.74) is 1.34. The number of carbonyl (C=O) groups excluding carboxylic acids is 1. The van der Waals surface area contributed by atoms with Crippen molar-refractivity contribution in [2.75, 3.05) is 0 Å². The Kier molecular flexibility index (Phi) is 4.64. The van der Waals surface area contributed by atoms with Gasteiger partial charge >= 0.3 is 0 Å². The minimum atomic E-state index is 0.208. The van der Waals surface area contributed by atoms with Crippen molar-refractivity contribution in [3.8, 4) is 0 Å². The van der Waals surface area contributed by atoms with Crippen LogP contribution >= 0.6 is 0 Å². The summed E-state index contributed by atoms with van der Waals surface area (Å²) in [5.74, 6) is 1.54. The third kappa shape index (κ3) is 3.13. The van der Waals surface area contributed by atoms with Crippen LogP contribution in [0.15, 0.2) is 23.8 Å². The predicted molar refractivity (Wildman–Crippen MR) is 59.8 cm³/mol. The molecule has 0 amide bonds. The first-order valence-corrected chi connectivity index (χ1v) is 5.42. The molecule has 1 heteroatoms. The van der Waals surface area contributed by atoms with E-state index in [1.807, 2.05) is 0 Å². The molecule has 0 saturated heterocycles. The number of allylic oxidation sites excluding steroid dienone is 4. The standard InChI is InChI=1S/C13H19O/c1-3-4-5-6-13-9-12(10-14)8-7-11(13)2/h5-7,10,12H,3-4,8-9H2,1-2H3. The van der Waals surface area contributed by atoms with E-state index in [1.54, 1.807) is 0 Å². The number of hydrogen-bond acceptors (Lipinski definition) is 1. The number of unbranched alkanes of at least 4 members (excludes halogenated alkanes) is 1. The Morgan fingerprint density at radius 2 is 2.36 bits per heavy atom. The third-order valence-corrected chi connectivity index (χ3v) is 2.68. The molecule has 1 aliphatic carbocycles. The van der Waals surface area contributed by atoms with Crippen molar-refractivity contribution in [2.24, 2.45) is 5.92 Å². The molecule has 1 radical (unpaired) electrons. The van der Waals surface area contributed by atoms with Crippen molar-refractivity contribution >= 4 is 6.29 Å². The zero-order chi connectivity index (χ0) is 10.4. The Bertz CT molecular complexity index is 238. The third-order valence-electron chi connectivity index (χ3n) is 2.68. The molecule has 1 rings (SSSR count). The van der Waals surface area contributed by atoms with E-state index in [0.29, 0.717) is 0 Å². The van der Waals surface area contributed by atoms with E-state index in [1.165, 1.54) is 17.9 Å². The van der Waals surface area contributed by atoms with Gasteiger partial charge in [0.1, 0.15) is 6.29 Å². The second-order valence-electron chi connectivity index (χ2n) is 3.94. The van der Waals surface area contributed by atoms with E-state index in [-0.39, 0.29) is 5.92 Å². The monoisotopic (exact) mass is 191 g/mol. The first-order chi connectivity index (χ1) is 6.77. The minimum absolute atomic E-state index is 0.208. The van der Waals surface area contributed by atoms with Crippen molar-refractivity contribution in [1.29, 1.82) is 0 Å². The van der Waals surface area contributed by atoms with Crippen molar-refractivity contribution in [3.05, 3.63) is 29.7 Å². The molecule has 0 aliphatic heterocycles. The van der Waals surface area contributed by atoms with Crippen molar-refractivity contribution in [3.63, 3.8) is 0 Å². The van der Waals surface area contributed by atoms with Crippen LogP contribution in [0.25, 0.3) is 0 Å². The van der Waals surface area contributed by atoms with Crippen molar-refractivity contribution in [2.45, 2.75) is 39.5 Å². The summed E-state index contributed by atoms with van der Waals surface area (Å²) < 4.78 is 0. The lowest BCUT2D eigenvalue weighted by atomic mass is 9.82. The van der Waals surface area contributed by atoms with Crippen LogP contribution in [0.2, 0.25) is 0 Å². The lowest BCUT2D eigenvalue weighted by molar-refractivity contribution is -0.111. The molecule has 0 aromatic heterocycles. The molecule has 14 heavy (non-hydrogen) atoms. The topological polar surface area (TPSA) is 17.1 Å². The summed E-state index contributed by atoms with van der Waals surface area (Å²) >= 11 is 0. The van der Waals surface area contributed by atoms with Gasteiger partial charge in [-0.2, -0.15) is 0 Å². The van der Waals surface area contributed by atoms with E-state index >= 15 is 0 Å². The molecule has 1 nitrogen and oxygen atoms in total. The van der Waals surface area contributed by atoms with Gasteiger partial charge in [0, 0.05) is 11.8 Å². The van der Waals surface area contributed by atoms with E-state index in [2.05, 4.69) is 32.1 Å².